The Bertz CT molecular complexity index is 945. The van der Waals surface area contributed by atoms with Crippen molar-refractivity contribution < 1.29 is 13.6 Å². The smallest absolute Gasteiger partial charge is 0.277 e. The van der Waals surface area contributed by atoms with Gasteiger partial charge in [0.1, 0.15) is 5.76 Å². The molecule has 0 saturated heterocycles. The van der Waals surface area contributed by atoms with E-state index in [1.807, 2.05) is 37.3 Å². The molecule has 2 heterocycles. The number of benzene rings is 1. The number of thioether (sulfide) groups is 1. The average molecular weight is 382 g/mol. The molecule has 0 aliphatic carbocycles. The van der Waals surface area contributed by atoms with Gasteiger partial charge in [0.05, 0.1) is 29.6 Å². The number of anilines is 1. The Labute approximate surface area is 161 Å². The summed E-state index contributed by atoms with van der Waals surface area (Å²) in [6.07, 6.45) is 1.81. The summed E-state index contributed by atoms with van der Waals surface area (Å²) in [6.45, 7) is 3.92. The molecule has 0 spiro atoms. The van der Waals surface area contributed by atoms with Crippen molar-refractivity contribution in [2.24, 2.45) is 0 Å². The lowest BCUT2D eigenvalue weighted by Gasteiger charge is -2.24. The third kappa shape index (κ3) is 4.38. The molecule has 0 saturated carbocycles. The van der Waals surface area contributed by atoms with E-state index in [4.69, 9.17) is 14.1 Å². The van der Waals surface area contributed by atoms with E-state index in [2.05, 4.69) is 16.3 Å². The zero-order chi connectivity index (χ0) is 19.2. The molecule has 1 atom stereocenters. The van der Waals surface area contributed by atoms with Crippen LogP contribution >= 0.6 is 11.8 Å². The predicted molar refractivity (Wildman–Crippen MR) is 101 cm³/mol. The molecule has 7 nitrogen and oxygen atoms in total. The van der Waals surface area contributed by atoms with Crippen LogP contribution in [0.1, 0.15) is 19.1 Å². The first-order valence-corrected chi connectivity index (χ1v) is 9.26. The Hall–Kier alpha value is -3.05. The summed E-state index contributed by atoms with van der Waals surface area (Å²) in [6, 6.07) is 13.1. The normalized spacial score (nSPS) is 11.7. The Morgan fingerprint density at radius 2 is 2.07 bits per heavy atom. The highest BCUT2D eigenvalue weighted by Crippen LogP contribution is 2.29. The largest absolute Gasteiger partial charge is 0.469 e. The number of hydrogen-bond acceptors (Lipinski definition) is 7. The highest BCUT2D eigenvalue weighted by molar-refractivity contribution is 8.00. The van der Waals surface area contributed by atoms with Crippen molar-refractivity contribution in [2.45, 2.75) is 30.7 Å². The first-order chi connectivity index (χ1) is 13.1. The molecule has 0 fully saturated rings. The van der Waals surface area contributed by atoms with E-state index >= 15 is 0 Å². The molecule has 3 aromatic rings. The van der Waals surface area contributed by atoms with Crippen LogP contribution in [-0.4, -0.2) is 27.9 Å². The van der Waals surface area contributed by atoms with Crippen LogP contribution in [0, 0.1) is 18.3 Å². The Morgan fingerprint density at radius 3 is 2.74 bits per heavy atom. The van der Waals surface area contributed by atoms with E-state index in [1.54, 1.807) is 24.2 Å². The minimum absolute atomic E-state index is 0.124. The van der Waals surface area contributed by atoms with Gasteiger partial charge in [0.25, 0.3) is 11.1 Å². The molecule has 8 heteroatoms. The number of amides is 1. The zero-order valence-electron chi connectivity index (χ0n) is 15.0. The van der Waals surface area contributed by atoms with E-state index in [0.29, 0.717) is 23.4 Å². The van der Waals surface area contributed by atoms with Crippen LogP contribution in [0.2, 0.25) is 0 Å². The summed E-state index contributed by atoms with van der Waals surface area (Å²) in [5, 5.41) is 16.8. The van der Waals surface area contributed by atoms with Gasteiger partial charge in [-0.05, 0) is 32.0 Å². The number of furan rings is 1. The maximum absolute atomic E-state index is 12.9. The zero-order valence-corrected chi connectivity index (χ0v) is 15.8. The molecule has 3 rings (SSSR count). The summed E-state index contributed by atoms with van der Waals surface area (Å²) in [4.78, 5) is 14.5. The van der Waals surface area contributed by atoms with Gasteiger partial charge in [0.2, 0.25) is 5.91 Å². The highest BCUT2D eigenvalue weighted by Gasteiger charge is 2.25. The van der Waals surface area contributed by atoms with Crippen molar-refractivity contribution in [1.82, 2.24) is 10.2 Å². The minimum atomic E-state index is -0.456. The number of aromatic nitrogens is 2. The number of para-hydroxylation sites is 1. The number of aryl methyl sites for hydroxylation is 1. The molecule has 1 amide bonds. The molecule has 0 radical (unpaired) electrons. The van der Waals surface area contributed by atoms with Gasteiger partial charge in [0, 0.05) is 12.2 Å². The number of rotatable bonds is 7. The van der Waals surface area contributed by atoms with Crippen LogP contribution < -0.4 is 4.90 Å². The fourth-order valence-corrected chi connectivity index (χ4v) is 3.28. The van der Waals surface area contributed by atoms with Crippen molar-refractivity contribution in [3.05, 3.63) is 48.4 Å². The third-order valence-electron chi connectivity index (χ3n) is 3.90. The minimum Gasteiger partial charge on any atom is -0.469 e. The maximum Gasteiger partial charge on any atom is 0.277 e. The molecule has 1 aromatic carbocycles. The SMILES string of the molecule is Cc1occc1-c1nnc(SC(C)C(=O)N(CCC#N)c2ccccc2)o1. The van der Waals surface area contributed by atoms with Crippen LogP contribution in [0.25, 0.3) is 11.5 Å². The summed E-state index contributed by atoms with van der Waals surface area (Å²) in [5.74, 6) is 0.916. The monoisotopic (exact) mass is 382 g/mol. The Morgan fingerprint density at radius 1 is 1.30 bits per heavy atom. The molecule has 2 aromatic heterocycles. The van der Waals surface area contributed by atoms with E-state index in [0.717, 1.165) is 11.3 Å². The topological polar surface area (TPSA) is 96.2 Å². The van der Waals surface area contributed by atoms with Crippen molar-refractivity contribution >= 4 is 23.4 Å². The lowest BCUT2D eigenvalue weighted by atomic mass is 10.2. The molecular weight excluding hydrogens is 364 g/mol. The number of nitriles is 1. The lowest BCUT2D eigenvalue weighted by molar-refractivity contribution is -0.117. The summed E-state index contributed by atoms with van der Waals surface area (Å²) >= 11 is 1.19. The van der Waals surface area contributed by atoms with E-state index in [9.17, 15) is 4.79 Å². The van der Waals surface area contributed by atoms with E-state index in [1.165, 1.54) is 11.8 Å². The van der Waals surface area contributed by atoms with Gasteiger partial charge in [-0.2, -0.15) is 5.26 Å². The van der Waals surface area contributed by atoms with Crippen molar-refractivity contribution in [3.63, 3.8) is 0 Å². The molecule has 0 bridgehead atoms. The highest BCUT2D eigenvalue weighted by atomic mass is 32.2. The maximum atomic E-state index is 12.9. The standard InChI is InChI=1S/C19H18N4O3S/c1-13-16(9-12-25-13)17-21-22-19(26-17)27-14(2)18(24)23(11-6-10-20)15-7-4-3-5-8-15/h3-5,7-9,12,14H,6,11H2,1-2H3. The van der Waals surface area contributed by atoms with Gasteiger partial charge in [0.15, 0.2) is 0 Å². The van der Waals surface area contributed by atoms with Crippen LogP contribution in [0.4, 0.5) is 5.69 Å². The average Bonchev–Trinajstić information content (AvgIpc) is 3.31. The van der Waals surface area contributed by atoms with Crippen molar-refractivity contribution in [2.75, 3.05) is 11.4 Å². The molecule has 1 unspecified atom stereocenters. The molecule has 0 N–H and O–H groups in total. The van der Waals surface area contributed by atoms with E-state index < -0.39 is 5.25 Å². The van der Waals surface area contributed by atoms with Crippen molar-refractivity contribution in [1.29, 1.82) is 5.26 Å². The number of carbonyl (C=O) groups is 1. The Balaban J connectivity index is 1.73. The second-order valence-electron chi connectivity index (χ2n) is 5.76. The first kappa shape index (κ1) is 18.7. The fraction of sp³-hybridized carbons (Fsp3) is 0.263. The fourth-order valence-electron chi connectivity index (χ4n) is 2.53. The summed E-state index contributed by atoms with van der Waals surface area (Å²) in [5.41, 5.74) is 1.48. The molecule has 138 valence electrons. The molecule has 0 aliphatic rings. The quantitative estimate of drug-likeness (QED) is 0.568. The molecule has 27 heavy (non-hydrogen) atoms. The third-order valence-corrected chi connectivity index (χ3v) is 4.82. The van der Waals surface area contributed by atoms with Gasteiger partial charge < -0.3 is 13.7 Å². The van der Waals surface area contributed by atoms with Gasteiger partial charge in [-0.25, -0.2) is 0 Å². The Kier molecular flexibility index (Phi) is 5.94. The van der Waals surface area contributed by atoms with E-state index in [-0.39, 0.29) is 12.3 Å². The first-order valence-electron chi connectivity index (χ1n) is 8.38. The summed E-state index contributed by atoms with van der Waals surface area (Å²) in [7, 11) is 0. The lowest BCUT2D eigenvalue weighted by Crippen LogP contribution is -2.37. The number of nitrogens with zero attached hydrogens (tertiary/aromatic N) is 4. The van der Waals surface area contributed by atoms with Crippen molar-refractivity contribution in [3.8, 4) is 17.5 Å². The van der Waals surface area contributed by atoms with Gasteiger partial charge in [-0.1, -0.05) is 30.0 Å². The van der Waals surface area contributed by atoms with Crippen LogP contribution in [0.15, 0.2) is 56.7 Å². The second kappa shape index (κ2) is 8.56. The van der Waals surface area contributed by atoms with Gasteiger partial charge in [-0.3, -0.25) is 4.79 Å². The molecular formula is C19H18N4O3S. The predicted octanol–water partition coefficient (Wildman–Crippen LogP) is 4.07. The van der Waals surface area contributed by atoms with Gasteiger partial charge in [-0.15, -0.1) is 10.2 Å². The van der Waals surface area contributed by atoms with Gasteiger partial charge >= 0.3 is 0 Å². The number of hydrogen-bond donors (Lipinski definition) is 0. The van der Waals surface area contributed by atoms with Crippen LogP contribution in [0.3, 0.4) is 0 Å². The number of carbonyl (C=O) groups excluding carboxylic acids is 1. The molecule has 0 aliphatic heterocycles. The van der Waals surface area contributed by atoms with Crippen LogP contribution in [-0.2, 0) is 4.79 Å². The van der Waals surface area contributed by atoms with Crippen LogP contribution in [0.5, 0.6) is 0 Å². The second-order valence-corrected chi connectivity index (χ2v) is 7.05. The summed E-state index contributed by atoms with van der Waals surface area (Å²) < 4.78 is 10.9.